The standard InChI is InChI=1S/C15H14N2O4/c1-9-2-4-10(5-3-9)14(20)16-17-15(21)12-7-6-11(18)8-13(12)19/h2-8,18-19H,1H3,(H,16,20)(H,17,21). The van der Waals surface area contributed by atoms with Gasteiger partial charge in [-0.15, -0.1) is 0 Å². The van der Waals surface area contributed by atoms with Crippen molar-refractivity contribution in [1.29, 1.82) is 0 Å². The van der Waals surface area contributed by atoms with Crippen LogP contribution < -0.4 is 10.9 Å². The van der Waals surface area contributed by atoms with Crippen molar-refractivity contribution in [3.05, 3.63) is 59.2 Å². The van der Waals surface area contributed by atoms with Crippen LogP contribution in [-0.4, -0.2) is 22.0 Å². The van der Waals surface area contributed by atoms with E-state index in [9.17, 15) is 14.7 Å². The number of aryl methyl sites for hydroxylation is 1. The number of hydrogen-bond donors (Lipinski definition) is 4. The molecule has 0 spiro atoms. The minimum Gasteiger partial charge on any atom is -0.508 e. The van der Waals surface area contributed by atoms with Gasteiger partial charge in [-0.3, -0.25) is 20.4 Å². The Morgan fingerprint density at radius 2 is 1.52 bits per heavy atom. The molecule has 0 aliphatic heterocycles. The highest BCUT2D eigenvalue weighted by atomic mass is 16.3. The van der Waals surface area contributed by atoms with Crippen LogP contribution in [0.5, 0.6) is 11.5 Å². The molecule has 108 valence electrons. The van der Waals surface area contributed by atoms with Crippen molar-refractivity contribution in [1.82, 2.24) is 10.9 Å². The second-order valence-electron chi connectivity index (χ2n) is 4.48. The molecular weight excluding hydrogens is 272 g/mol. The number of benzene rings is 2. The molecule has 2 amide bonds. The number of amides is 2. The third-order valence-corrected chi connectivity index (χ3v) is 2.83. The molecule has 6 heteroatoms. The maximum atomic E-state index is 11.8. The number of phenolic OH excluding ortho intramolecular Hbond substituents is 2. The van der Waals surface area contributed by atoms with E-state index in [-0.39, 0.29) is 17.1 Å². The minimum absolute atomic E-state index is 0.0583. The molecule has 0 atom stereocenters. The number of hydrazine groups is 1. The summed E-state index contributed by atoms with van der Waals surface area (Å²) in [4.78, 5) is 23.6. The van der Waals surface area contributed by atoms with Crippen LogP contribution in [-0.2, 0) is 0 Å². The highest BCUT2D eigenvalue weighted by Crippen LogP contribution is 2.22. The molecule has 6 nitrogen and oxygen atoms in total. The molecule has 0 radical (unpaired) electrons. The van der Waals surface area contributed by atoms with Crippen LogP contribution in [0.4, 0.5) is 0 Å². The van der Waals surface area contributed by atoms with Crippen molar-refractivity contribution in [2.24, 2.45) is 0 Å². The van der Waals surface area contributed by atoms with Crippen LogP contribution in [0.25, 0.3) is 0 Å². The average Bonchev–Trinajstić information content (AvgIpc) is 2.45. The molecule has 2 aromatic carbocycles. The van der Waals surface area contributed by atoms with Crippen LogP contribution >= 0.6 is 0 Å². The van der Waals surface area contributed by atoms with E-state index >= 15 is 0 Å². The Hall–Kier alpha value is -3.02. The molecule has 0 aromatic heterocycles. The molecule has 0 aliphatic carbocycles. The number of hydrogen-bond acceptors (Lipinski definition) is 4. The first-order valence-corrected chi connectivity index (χ1v) is 6.16. The Labute approximate surface area is 121 Å². The number of rotatable bonds is 2. The average molecular weight is 286 g/mol. The Kier molecular flexibility index (Phi) is 4.08. The van der Waals surface area contributed by atoms with Gasteiger partial charge in [0, 0.05) is 11.6 Å². The zero-order valence-electron chi connectivity index (χ0n) is 11.3. The molecule has 0 saturated heterocycles. The topological polar surface area (TPSA) is 98.7 Å². The van der Waals surface area contributed by atoms with Crippen molar-refractivity contribution < 1.29 is 19.8 Å². The third kappa shape index (κ3) is 3.50. The summed E-state index contributed by atoms with van der Waals surface area (Å²) in [7, 11) is 0. The molecule has 0 fully saturated rings. The Morgan fingerprint density at radius 3 is 2.14 bits per heavy atom. The molecule has 0 bridgehead atoms. The fourth-order valence-corrected chi connectivity index (χ4v) is 1.67. The predicted molar refractivity (Wildman–Crippen MR) is 75.9 cm³/mol. The highest BCUT2D eigenvalue weighted by molar-refractivity contribution is 6.00. The maximum Gasteiger partial charge on any atom is 0.273 e. The van der Waals surface area contributed by atoms with E-state index in [1.165, 1.54) is 12.1 Å². The monoisotopic (exact) mass is 286 g/mol. The van der Waals surface area contributed by atoms with Gasteiger partial charge in [0.15, 0.2) is 0 Å². The predicted octanol–water partition coefficient (Wildman–Crippen LogP) is 1.48. The summed E-state index contributed by atoms with van der Waals surface area (Å²) in [6.07, 6.45) is 0. The van der Waals surface area contributed by atoms with E-state index in [1.54, 1.807) is 24.3 Å². The van der Waals surface area contributed by atoms with Gasteiger partial charge in [-0.2, -0.15) is 0 Å². The number of nitrogens with one attached hydrogen (secondary N) is 2. The lowest BCUT2D eigenvalue weighted by atomic mass is 10.1. The van der Waals surface area contributed by atoms with E-state index in [4.69, 9.17) is 5.11 Å². The van der Waals surface area contributed by atoms with Gasteiger partial charge < -0.3 is 10.2 Å². The first-order chi connectivity index (χ1) is 9.97. The van der Waals surface area contributed by atoms with Crippen molar-refractivity contribution >= 4 is 11.8 Å². The third-order valence-electron chi connectivity index (χ3n) is 2.83. The molecular formula is C15H14N2O4. The smallest absolute Gasteiger partial charge is 0.273 e. The van der Waals surface area contributed by atoms with Crippen LogP contribution in [0.15, 0.2) is 42.5 Å². The summed E-state index contributed by atoms with van der Waals surface area (Å²) >= 11 is 0. The number of carbonyl (C=O) groups is 2. The van der Waals surface area contributed by atoms with Gasteiger partial charge >= 0.3 is 0 Å². The molecule has 2 rings (SSSR count). The van der Waals surface area contributed by atoms with Gasteiger partial charge in [-0.25, -0.2) is 0 Å². The normalized spacial score (nSPS) is 9.95. The highest BCUT2D eigenvalue weighted by Gasteiger charge is 2.13. The fraction of sp³-hybridized carbons (Fsp3) is 0.0667. The Bertz CT molecular complexity index is 681. The molecule has 2 aromatic rings. The lowest BCUT2D eigenvalue weighted by molar-refractivity contribution is 0.0845. The second kappa shape index (κ2) is 5.96. The van der Waals surface area contributed by atoms with E-state index in [0.717, 1.165) is 11.6 Å². The fourth-order valence-electron chi connectivity index (χ4n) is 1.67. The largest absolute Gasteiger partial charge is 0.508 e. The van der Waals surface area contributed by atoms with E-state index in [1.807, 2.05) is 6.92 Å². The Balaban J connectivity index is 2.00. The van der Waals surface area contributed by atoms with Gasteiger partial charge in [0.25, 0.3) is 11.8 Å². The van der Waals surface area contributed by atoms with Gasteiger partial charge in [-0.05, 0) is 31.2 Å². The molecule has 21 heavy (non-hydrogen) atoms. The number of aromatic hydroxyl groups is 2. The van der Waals surface area contributed by atoms with E-state index in [2.05, 4.69) is 10.9 Å². The van der Waals surface area contributed by atoms with Crippen LogP contribution in [0.2, 0.25) is 0 Å². The first-order valence-electron chi connectivity index (χ1n) is 6.16. The lowest BCUT2D eigenvalue weighted by Gasteiger charge is -2.09. The van der Waals surface area contributed by atoms with Crippen molar-refractivity contribution in [3.8, 4) is 11.5 Å². The number of phenols is 2. The van der Waals surface area contributed by atoms with E-state index < -0.39 is 11.8 Å². The molecule has 0 heterocycles. The van der Waals surface area contributed by atoms with Crippen LogP contribution in [0.1, 0.15) is 26.3 Å². The quantitative estimate of drug-likeness (QED) is 0.628. The maximum absolute atomic E-state index is 11.8. The van der Waals surface area contributed by atoms with Gasteiger partial charge in [0.1, 0.15) is 11.5 Å². The second-order valence-corrected chi connectivity index (χ2v) is 4.48. The zero-order valence-corrected chi connectivity index (χ0v) is 11.3. The van der Waals surface area contributed by atoms with E-state index in [0.29, 0.717) is 5.56 Å². The van der Waals surface area contributed by atoms with Gasteiger partial charge in [0.2, 0.25) is 0 Å². The zero-order chi connectivity index (χ0) is 15.4. The minimum atomic E-state index is -0.687. The van der Waals surface area contributed by atoms with Crippen molar-refractivity contribution in [3.63, 3.8) is 0 Å². The summed E-state index contributed by atoms with van der Waals surface area (Å²) in [6.45, 7) is 1.90. The molecule has 0 saturated carbocycles. The summed E-state index contributed by atoms with van der Waals surface area (Å²) < 4.78 is 0. The summed E-state index contributed by atoms with van der Waals surface area (Å²) in [6, 6.07) is 10.4. The molecule has 0 unspecified atom stereocenters. The lowest BCUT2D eigenvalue weighted by Crippen LogP contribution is -2.41. The first kappa shape index (κ1) is 14.4. The molecule has 0 aliphatic rings. The summed E-state index contributed by atoms with van der Waals surface area (Å²) in [5.41, 5.74) is 5.80. The summed E-state index contributed by atoms with van der Waals surface area (Å²) in [5.74, 6) is -1.69. The van der Waals surface area contributed by atoms with Crippen LogP contribution in [0.3, 0.4) is 0 Å². The van der Waals surface area contributed by atoms with Crippen molar-refractivity contribution in [2.45, 2.75) is 6.92 Å². The SMILES string of the molecule is Cc1ccc(C(=O)NNC(=O)c2ccc(O)cc2O)cc1. The number of carbonyl (C=O) groups excluding carboxylic acids is 2. The summed E-state index contributed by atoms with van der Waals surface area (Å²) in [5, 5.41) is 18.7. The Morgan fingerprint density at radius 1 is 0.905 bits per heavy atom. The van der Waals surface area contributed by atoms with Crippen LogP contribution in [0, 0.1) is 6.92 Å². The van der Waals surface area contributed by atoms with Gasteiger partial charge in [0.05, 0.1) is 5.56 Å². The molecule has 4 N–H and O–H groups in total. The van der Waals surface area contributed by atoms with Crippen molar-refractivity contribution in [2.75, 3.05) is 0 Å². The van der Waals surface area contributed by atoms with Gasteiger partial charge in [-0.1, -0.05) is 17.7 Å².